The van der Waals surface area contributed by atoms with Gasteiger partial charge in [-0.3, -0.25) is 4.98 Å². The van der Waals surface area contributed by atoms with Crippen molar-refractivity contribution in [2.24, 2.45) is 5.92 Å². The third-order valence-corrected chi connectivity index (χ3v) is 4.89. The molecule has 0 radical (unpaired) electrons. The summed E-state index contributed by atoms with van der Waals surface area (Å²) in [5.41, 5.74) is 1.33. The molecule has 17 heavy (non-hydrogen) atoms. The number of hydrogen-bond donors (Lipinski definition) is 0. The van der Waals surface area contributed by atoms with Crippen LogP contribution in [-0.4, -0.2) is 16.4 Å². The number of aromatic nitrogens is 1. The molecule has 2 nitrogen and oxygen atoms in total. The van der Waals surface area contributed by atoms with Crippen LogP contribution in [0.3, 0.4) is 0 Å². The highest BCUT2D eigenvalue weighted by Crippen LogP contribution is 2.43. The van der Waals surface area contributed by atoms with Crippen molar-refractivity contribution in [3.05, 3.63) is 24.0 Å². The van der Waals surface area contributed by atoms with E-state index in [0.29, 0.717) is 16.7 Å². The lowest BCUT2D eigenvalue weighted by molar-refractivity contribution is 0.315. The minimum atomic E-state index is 0.622. The Kier molecular flexibility index (Phi) is 4.43. The monoisotopic (exact) mass is 297 g/mol. The summed E-state index contributed by atoms with van der Waals surface area (Å²) in [6.07, 6.45) is 7.34. The average Bonchev–Trinajstić information content (AvgIpc) is 2.68. The smallest absolute Gasteiger partial charge is 0.137 e. The van der Waals surface area contributed by atoms with Gasteiger partial charge in [-0.25, -0.2) is 0 Å². The molecule has 0 aromatic carbocycles. The van der Waals surface area contributed by atoms with Crippen LogP contribution in [0, 0.1) is 5.92 Å². The van der Waals surface area contributed by atoms with Crippen LogP contribution in [0.25, 0.3) is 0 Å². The molecule has 1 heterocycles. The van der Waals surface area contributed by atoms with Gasteiger partial charge in [0, 0.05) is 11.0 Å². The van der Waals surface area contributed by atoms with Crippen LogP contribution in [0.5, 0.6) is 5.75 Å². The molecule has 1 fully saturated rings. The van der Waals surface area contributed by atoms with Crippen LogP contribution in [0.1, 0.15) is 44.6 Å². The van der Waals surface area contributed by atoms with Gasteiger partial charge in [-0.05, 0) is 42.7 Å². The SMILES string of the molecule is CCCOc1cncc(C2CCC(Br)C2C)c1. The Morgan fingerprint density at radius 3 is 2.88 bits per heavy atom. The second-order valence-corrected chi connectivity index (χ2v) is 6.04. The number of rotatable bonds is 4. The van der Waals surface area contributed by atoms with Crippen molar-refractivity contribution in [2.75, 3.05) is 6.61 Å². The van der Waals surface area contributed by atoms with Gasteiger partial charge in [0.15, 0.2) is 0 Å². The standard InChI is InChI=1S/C14H20BrNO/c1-3-6-17-12-7-11(8-16-9-12)13-4-5-14(15)10(13)2/h7-10,13-14H,3-6H2,1-2H3. The third-order valence-electron chi connectivity index (χ3n) is 3.59. The lowest BCUT2D eigenvalue weighted by Gasteiger charge is -2.18. The highest BCUT2D eigenvalue weighted by atomic mass is 79.9. The summed E-state index contributed by atoms with van der Waals surface area (Å²) in [7, 11) is 0. The molecular weight excluding hydrogens is 278 g/mol. The van der Waals surface area contributed by atoms with Crippen LogP contribution >= 0.6 is 15.9 Å². The summed E-state index contributed by atoms with van der Waals surface area (Å²) < 4.78 is 5.64. The topological polar surface area (TPSA) is 22.1 Å². The van der Waals surface area contributed by atoms with E-state index in [1.165, 1.54) is 18.4 Å². The van der Waals surface area contributed by atoms with Crippen LogP contribution < -0.4 is 4.74 Å². The van der Waals surface area contributed by atoms with Crippen LogP contribution in [-0.2, 0) is 0 Å². The van der Waals surface area contributed by atoms with Gasteiger partial charge in [-0.2, -0.15) is 0 Å². The number of hydrogen-bond acceptors (Lipinski definition) is 2. The lowest BCUT2D eigenvalue weighted by atomic mass is 9.91. The fourth-order valence-electron chi connectivity index (χ4n) is 2.52. The van der Waals surface area contributed by atoms with Crippen molar-refractivity contribution in [1.29, 1.82) is 0 Å². The second kappa shape index (κ2) is 5.85. The van der Waals surface area contributed by atoms with E-state index in [1.54, 1.807) is 0 Å². The van der Waals surface area contributed by atoms with E-state index in [2.05, 4.69) is 40.8 Å². The van der Waals surface area contributed by atoms with E-state index in [9.17, 15) is 0 Å². The first-order valence-electron chi connectivity index (χ1n) is 6.44. The molecule has 0 spiro atoms. The molecule has 1 saturated carbocycles. The van der Waals surface area contributed by atoms with Gasteiger partial charge >= 0.3 is 0 Å². The van der Waals surface area contributed by atoms with E-state index < -0.39 is 0 Å². The highest BCUT2D eigenvalue weighted by Gasteiger charge is 2.32. The number of ether oxygens (including phenoxy) is 1. The first-order chi connectivity index (χ1) is 8.22. The molecule has 0 aliphatic heterocycles. The maximum absolute atomic E-state index is 5.64. The number of nitrogens with zero attached hydrogens (tertiary/aromatic N) is 1. The zero-order valence-electron chi connectivity index (χ0n) is 10.5. The molecule has 1 aliphatic carbocycles. The van der Waals surface area contributed by atoms with Crippen molar-refractivity contribution < 1.29 is 4.74 Å². The second-order valence-electron chi connectivity index (χ2n) is 4.86. The van der Waals surface area contributed by atoms with E-state index in [-0.39, 0.29) is 0 Å². The Morgan fingerprint density at radius 2 is 2.24 bits per heavy atom. The minimum absolute atomic E-state index is 0.622. The largest absolute Gasteiger partial charge is 0.492 e. The Hall–Kier alpha value is -0.570. The maximum Gasteiger partial charge on any atom is 0.137 e. The fourth-order valence-corrected chi connectivity index (χ4v) is 3.16. The Morgan fingerprint density at radius 1 is 1.41 bits per heavy atom. The molecule has 3 atom stereocenters. The summed E-state index contributed by atoms with van der Waals surface area (Å²) in [6.45, 7) is 5.20. The molecule has 94 valence electrons. The molecule has 0 amide bonds. The third kappa shape index (κ3) is 3.01. The van der Waals surface area contributed by atoms with Crippen molar-refractivity contribution in [3.63, 3.8) is 0 Å². The Bertz CT molecular complexity index is 369. The predicted octanol–water partition coefficient (Wildman–Crippen LogP) is 4.15. The Balaban J connectivity index is 2.10. The van der Waals surface area contributed by atoms with E-state index >= 15 is 0 Å². The maximum atomic E-state index is 5.64. The molecular formula is C14H20BrNO. The first-order valence-corrected chi connectivity index (χ1v) is 7.35. The summed E-state index contributed by atoms with van der Waals surface area (Å²) in [5.74, 6) is 2.21. The van der Waals surface area contributed by atoms with Crippen LogP contribution in [0.4, 0.5) is 0 Å². The molecule has 2 rings (SSSR count). The van der Waals surface area contributed by atoms with Gasteiger partial charge in [-0.1, -0.05) is 29.8 Å². The summed E-state index contributed by atoms with van der Waals surface area (Å²) >= 11 is 3.75. The van der Waals surface area contributed by atoms with Crippen LogP contribution in [0.15, 0.2) is 18.5 Å². The van der Waals surface area contributed by atoms with Crippen molar-refractivity contribution >= 4 is 15.9 Å². The molecule has 1 aromatic rings. The molecule has 0 N–H and O–H groups in total. The molecule has 0 bridgehead atoms. The molecule has 0 saturated heterocycles. The van der Waals surface area contributed by atoms with Gasteiger partial charge in [0.05, 0.1) is 12.8 Å². The van der Waals surface area contributed by atoms with Crippen molar-refractivity contribution in [2.45, 2.75) is 43.9 Å². The number of alkyl halides is 1. The molecule has 3 heteroatoms. The predicted molar refractivity (Wildman–Crippen MR) is 73.9 cm³/mol. The van der Waals surface area contributed by atoms with Gasteiger partial charge < -0.3 is 4.74 Å². The van der Waals surface area contributed by atoms with Gasteiger partial charge in [0.25, 0.3) is 0 Å². The summed E-state index contributed by atoms with van der Waals surface area (Å²) in [5, 5.41) is 0. The van der Waals surface area contributed by atoms with Gasteiger partial charge in [-0.15, -0.1) is 0 Å². The number of pyridine rings is 1. The quantitative estimate of drug-likeness (QED) is 0.779. The highest BCUT2D eigenvalue weighted by molar-refractivity contribution is 9.09. The zero-order chi connectivity index (χ0) is 12.3. The van der Waals surface area contributed by atoms with Gasteiger partial charge in [0.2, 0.25) is 0 Å². The van der Waals surface area contributed by atoms with E-state index in [4.69, 9.17) is 4.74 Å². The first kappa shape index (κ1) is 12.9. The van der Waals surface area contributed by atoms with Gasteiger partial charge in [0.1, 0.15) is 5.75 Å². The van der Waals surface area contributed by atoms with Crippen LogP contribution in [0.2, 0.25) is 0 Å². The van der Waals surface area contributed by atoms with Crippen molar-refractivity contribution in [3.8, 4) is 5.75 Å². The molecule has 3 unspecified atom stereocenters. The minimum Gasteiger partial charge on any atom is -0.492 e. The fraction of sp³-hybridized carbons (Fsp3) is 0.643. The Labute approximate surface area is 112 Å². The lowest BCUT2D eigenvalue weighted by Crippen LogP contribution is -2.09. The summed E-state index contributed by atoms with van der Waals surface area (Å²) in [6, 6.07) is 2.16. The molecule has 1 aliphatic rings. The van der Waals surface area contributed by atoms with Crippen molar-refractivity contribution in [1.82, 2.24) is 4.98 Å². The van der Waals surface area contributed by atoms with E-state index in [1.807, 2.05) is 12.4 Å². The average molecular weight is 298 g/mol. The number of halogens is 1. The summed E-state index contributed by atoms with van der Waals surface area (Å²) in [4.78, 5) is 4.95. The zero-order valence-corrected chi connectivity index (χ0v) is 12.1. The normalized spacial score (nSPS) is 28.3. The van der Waals surface area contributed by atoms with E-state index in [0.717, 1.165) is 18.8 Å². The molecule has 1 aromatic heterocycles.